The highest BCUT2D eigenvalue weighted by Gasteiger charge is 2.25. The van der Waals surface area contributed by atoms with Crippen molar-refractivity contribution in [3.05, 3.63) is 29.3 Å². The van der Waals surface area contributed by atoms with Gasteiger partial charge in [0.15, 0.2) is 0 Å². The zero-order valence-corrected chi connectivity index (χ0v) is 12.9. The van der Waals surface area contributed by atoms with Crippen LogP contribution in [0.4, 0.5) is 5.69 Å². The Labute approximate surface area is 118 Å². The molecule has 2 rings (SSSR count). The maximum Gasteiger partial charge on any atom is 0.0428 e. The second-order valence-electron chi connectivity index (χ2n) is 6.55. The summed E-state index contributed by atoms with van der Waals surface area (Å²) >= 11 is 0. The van der Waals surface area contributed by atoms with Crippen LogP contribution in [0, 0.1) is 12.3 Å². The standard InChI is InChI=1S/C17H28N2/c1-5-15-9-6-8-14(2)16(15)19-11-7-10-18-12-17(3,4)13-19/h6,8-9,18H,5,7,10-13H2,1-4H3. The lowest BCUT2D eigenvalue weighted by Gasteiger charge is -2.38. The predicted molar refractivity (Wildman–Crippen MR) is 84.0 cm³/mol. The lowest BCUT2D eigenvalue weighted by molar-refractivity contribution is 0.325. The summed E-state index contributed by atoms with van der Waals surface area (Å²) in [7, 11) is 0. The molecule has 19 heavy (non-hydrogen) atoms. The molecule has 1 aromatic carbocycles. The van der Waals surface area contributed by atoms with Gasteiger partial charge >= 0.3 is 0 Å². The van der Waals surface area contributed by atoms with Crippen LogP contribution >= 0.6 is 0 Å². The van der Waals surface area contributed by atoms with E-state index in [1.807, 2.05) is 0 Å². The normalized spacial score (nSPS) is 19.9. The third-order valence-corrected chi connectivity index (χ3v) is 4.02. The van der Waals surface area contributed by atoms with Gasteiger partial charge in [-0.25, -0.2) is 0 Å². The van der Waals surface area contributed by atoms with E-state index < -0.39 is 0 Å². The van der Waals surface area contributed by atoms with Gasteiger partial charge in [-0.2, -0.15) is 0 Å². The van der Waals surface area contributed by atoms with E-state index in [2.05, 4.69) is 56.1 Å². The summed E-state index contributed by atoms with van der Waals surface area (Å²) in [5.74, 6) is 0. The van der Waals surface area contributed by atoms with Crippen molar-refractivity contribution in [1.82, 2.24) is 5.32 Å². The third-order valence-electron chi connectivity index (χ3n) is 4.02. The average Bonchev–Trinajstić information content (AvgIpc) is 2.34. The molecule has 0 aliphatic carbocycles. The number of aryl methyl sites for hydroxylation is 2. The fraction of sp³-hybridized carbons (Fsp3) is 0.647. The number of hydrogen-bond donors (Lipinski definition) is 1. The second-order valence-corrected chi connectivity index (χ2v) is 6.55. The SMILES string of the molecule is CCc1cccc(C)c1N1CCCNCC(C)(C)C1. The summed E-state index contributed by atoms with van der Waals surface area (Å²) in [6.07, 6.45) is 2.35. The van der Waals surface area contributed by atoms with E-state index in [4.69, 9.17) is 0 Å². The summed E-state index contributed by atoms with van der Waals surface area (Å²) in [6, 6.07) is 6.72. The van der Waals surface area contributed by atoms with Crippen LogP contribution in [0.5, 0.6) is 0 Å². The summed E-state index contributed by atoms with van der Waals surface area (Å²) < 4.78 is 0. The number of para-hydroxylation sites is 1. The van der Waals surface area contributed by atoms with Crippen LogP contribution in [0.25, 0.3) is 0 Å². The molecule has 0 spiro atoms. The van der Waals surface area contributed by atoms with E-state index in [9.17, 15) is 0 Å². The van der Waals surface area contributed by atoms with Crippen LogP contribution in [0.2, 0.25) is 0 Å². The summed E-state index contributed by atoms with van der Waals surface area (Å²) in [4.78, 5) is 2.62. The Balaban J connectivity index is 2.32. The zero-order valence-electron chi connectivity index (χ0n) is 12.9. The van der Waals surface area contributed by atoms with E-state index in [0.717, 1.165) is 32.6 Å². The van der Waals surface area contributed by atoms with Crippen LogP contribution in [0.3, 0.4) is 0 Å². The molecule has 106 valence electrons. The molecule has 0 bridgehead atoms. The summed E-state index contributed by atoms with van der Waals surface area (Å²) in [5, 5.41) is 3.57. The van der Waals surface area contributed by atoms with E-state index >= 15 is 0 Å². The van der Waals surface area contributed by atoms with E-state index in [1.54, 1.807) is 0 Å². The van der Waals surface area contributed by atoms with Gasteiger partial charge in [-0.05, 0) is 42.9 Å². The van der Waals surface area contributed by atoms with Crippen molar-refractivity contribution in [3.63, 3.8) is 0 Å². The van der Waals surface area contributed by atoms with Gasteiger partial charge in [0.05, 0.1) is 0 Å². The lowest BCUT2D eigenvalue weighted by atomic mass is 9.90. The van der Waals surface area contributed by atoms with Gasteiger partial charge < -0.3 is 10.2 Å². The fourth-order valence-corrected chi connectivity index (χ4v) is 3.12. The quantitative estimate of drug-likeness (QED) is 0.877. The van der Waals surface area contributed by atoms with Crippen LogP contribution in [0.1, 0.15) is 38.3 Å². The Kier molecular flexibility index (Phi) is 4.51. The molecule has 2 nitrogen and oxygen atoms in total. The van der Waals surface area contributed by atoms with Crippen LogP contribution in [0.15, 0.2) is 18.2 Å². The molecule has 0 unspecified atom stereocenters. The van der Waals surface area contributed by atoms with Crippen LogP contribution < -0.4 is 10.2 Å². The molecular weight excluding hydrogens is 232 g/mol. The maximum absolute atomic E-state index is 3.57. The molecular formula is C17H28N2. The lowest BCUT2D eigenvalue weighted by Crippen LogP contribution is -2.45. The average molecular weight is 260 g/mol. The molecule has 0 radical (unpaired) electrons. The maximum atomic E-state index is 3.57. The molecule has 1 aromatic rings. The van der Waals surface area contributed by atoms with Crippen molar-refractivity contribution in [2.24, 2.45) is 5.41 Å². The van der Waals surface area contributed by atoms with Gasteiger partial charge in [-0.1, -0.05) is 39.0 Å². The van der Waals surface area contributed by atoms with Crippen molar-refractivity contribution in [2.75, 3.05) is 31.1 Å². The fourth-order valence-electron chi connectivity index (χ4n) is 3.12. The van der Waals surface area contributed by atoms with E-state index in [1.165, 1.54) is 23.2 Å². The topological polar surface area (TPSA) is 15.3 Å². The first-order valence-electron chi connectivity index (χ1n) is 7.57. The molecule has 1 saturated heterocycles. The van der Waals surface area contributed by atoms with Crippen molar-refractivity contribution in [1.29, 1.82) is 0 Å². The molecule has 2 heteroatoms. The monoisotopic (exact) mass is 260 g/mol. The Bertz CT molecular complexity index is 423. The van der Waals surface area contributed by atoms with Gasteiger partial charge in [-0.3, -0.25) is 0 Å². The summed E-state index contributed by atoms with van der Waals surface area (Å²) in [5.41, 5.74) is 4.72. The van der Waals surface area contributed by atoms with Gasteiger partial charge in [-0.15, -0.1) is 0 Å². The Hall–Kier alpha value is -1.02. The molecule has 0 amide bonds. The highest BCUT2D eigenvalue weighted by molar-refractivity contribution is 5.59. The Morgan fingerprint density at radius 1 is 1.32 bits per heavy atom. The minimum atomic E-state index is 0.327. The Morgan fingerprint density at radius 2 is 2.11 bits per heavy atom. The van der Waals surface area contributed by atoms with Gasteiger partial charge in [0.2, 0.25) is 0 Å². The number of hydrogen-bond acceptors (Lipinski definition) is 2. The molecule has 0 atom stereocenters. The number of benzene rings is 1. The molecule has 1 fully saturated rings. The Morgan fingerprint density at radius 3 is 2.84 bits per heavy atom. The van der Waals surface area contributed by atoms with Gasteiger partial charge in [0, 0.05) is 25.3 Å². The minimum absolute atomic E-state index is 0.327. The molecule has 0 saturated carbocycles. The number of nitrogens with one attached hydrogen (secondary N) is 1. The van der Waals surface area contributed by atoms with Crippen LogP contribution in [-0.2, 0) is 6.42 Å². The molecule has 1 aliphatic rings. The van der Waals surface area contributed by atoms with Crippen molar-refractivity contribution < 1.29 is 0 Å². The smallest absolute Gasteiger partial charge is 0.0428 e. The van der Waals surface area contributed by atoms with Gasteiger partial charge in [0.25, 0.3) is 0 Å². The number of nitrogens with zero attached hydrogens (tertiary/aromatic N) is 1. The zero-order chi connectivity index (χ0) is 13.9. The van der Waals surface area contributed by atoms with Crippen molar-refractivity contribution in [3.8, 4) is 0 Å². The minimum Gasteiger partial charge on any atom is -0.370 e. The van der Waals surface area contributed by atoms with Crippen molar-refractivity contribution in [2.45, 2.75) is 40.5 Å². The third kappa shape index (κ3) is 3.50. The highest BCUT2D eigenvalue weighted by Crippen LogP contribution is 2.29. The number of rotatable bonds is 2. The van der Waals surface area contributed by atoms with E-state index in [-0.39, 0.29) is 0 Å². The molecule has 0 aromatic heterocycles. The number of anilines is 1. The first-order chi connectivity index (χ1) is 9.03. The van der Waals surface area contributed by atoms with Crippen molar-refractivity contribution >= 4 is 5.69 Å². The molecule has 1 aliphatic heterocycles. The second kappa shape index (κ2) is 5.96. The molecule has 1 heterocycles. The highest BCUT2D eigenvalue weighted by atomic mass is 15.2. The van der Waals surface area contributed by atoms with Crippen LogP contribution in [-0.4, -0.2) is 26.2 Å². The first kappa shape index (κ1) is 14.4. The molecule has 1 N–H and O–H groups in total. The predicted octanol–water partition coefficient (Wildman–Crippen LogP) is 3.38. The van der Waals surface area contributed by atoms with E-state index in [0.29, 0.717) is 5.41 Å². The summed E-state index contributed by atoms with van der Waals surface area (Å²) in [6.45, 7) is 13.8. The largest absolute Gasteiger partial charge is 0.370 e. The first-order valence-corrected chi connectivity index (χ1v) is 7.57. The van der Waals surface area contributed by atoms with Gasteiger partial charge in [0.1, 0.15) is 0 Å².